The number of hydrogen-bond acceptors (Lipinski definition) is 1. The molecule has 0 aliphatic rings. The molecule has 21 heavy (non-hydrogen) atoms. The normalized spacial score (nSPS) is 12.4. The van der Waals surface area contributed by atoms with Crippen molar-refractivity contribution in [3.63, 3.8) is 0 Å². The highest BCUT2D eigenvalue weighted by atomic mass is 35.5. The van der Waals surface area contributed by atoms with Crippen LogP contribution in [0.4, 0.5) is 0 Å². The van der Waals surface area contributed by atoms with E-state index in [4.69, 9.17) is 0 Å². The topological polar surface area (TPSA) is 3.24 Å². The van der Waals surface area contributed by atoms with Crippen molar-refractivity contribution in [1.82, 2.24) is 4.90 Å². The molecule has 0 aromatic carbocycles. The van der Waals surface area contributed by atoms with Gasteiger partial charge in [0.25, 0.3) is 0 Å². The molecule has 0 aliphatic carbocycles. The van der Waals surface area contributed by atoms with Crippen LogP contribution in [0.5, 0.6) is 0 Å². The minimum Gasteiger partial charge on any atom is -0.307 e. The minimum atomic E-state index is 0. The van der Waals surface area contributed by atoms with Crippen LogP contribution in [0.25, 0.3) is 0 Å². The van der Waals surface area contributed by atoms with Gasteiger partial charge in [0.15, 0.2) is 0 Å². The third-order valence-corrected chi connectivity index (χ3v) is 4.61. The predicted molar refractivity (Wildman–Crippen MR) is 101 cm³/mol. The molecule has 0 fully saturated rings. The minimum absolute atomic E-state index is 0. The Morgan fingerprint density at radius 3 is 1.29 bits per heavy atom. The van der Waals surface area contributed by atoms with Gasteiger partial charge in [-0.3, -0.25) is 0 Å². The maximum absolute atomic E-state index is 2.33. The molecule has 0 aromatic heterocycles. The van der Waals surface area contributed by atoms with Gasteiger partial charge in [0.2, 0.25) is 0 Å². The molecule has 1 atom stereocenters. The molecule has 0 N–H and O–H groups in total. The first-order chi connectivity index (χ1) is 9.68. The Balaban J connectivity index is 0. The zero-order valence-electron chi connectivity index (χ0n) is 15.3. The fourth-order valence-corrected chi connectivity index (χ4v) is 2.72. The number of rotatable bonds is 15. The smallest absolute Gasteiger partial charge is 0.00608 e. The number of nitrogens with zero attached hydrogens (tertiary/aromatic N) is 1. The van der Waals surface area contributed by atoms with Gasteiger partial charge >= 0.3 is 0 Å². The van der Waals surface area contributed by atoms with Gasteiger partial charge in [-0.2, -0.15) is 0 Å². The Kier molecular flexibility index (Phi) is 20.5. The lowest BCUT2D eigenvalue weighted by Crippen LogP contribution is -2.24. The third kappa shape index (κ3) is 18.2. The molecule has 1 nitrogen and oxygen atoms in total. The first kappa shape index (κ1) is 23.5. The Morgan fingerprint density at radius 2 is 0.952 bits per heavy atom. The molecule has 0 amide bonds. The van der Waals surface area contributed by atoms with E-state index in [0.717, 1.165) is 6.04 Å². The molecule has 2 heteroatoms. The van der Waals surface area contributed by atoms with Crippen LogP contribution in [-0.4, -0.2) is 25.0 Å². The van der Waals surface area contributed by atoms with Crippen molar-refractivity contribution in [2.45, 2.75) is 110 Å². The number of hydrogen-bond donors (Lipinski definition) is 0. The van der Waals surface area contributed by atoms with Crippen LogP contribution in [0, 0.1) is 0 Å². The monoisotopic (exact) mass is 319 g/mol. The quantitative estimate of drug-likeness (QED) is 0.299. The Labute approximate surface area is 141 Å². The number of unbranched alkanes of at least 4 members (excludes halogenated alkanes) is 12. The van der Waals surface area contributed by atoms with Crippen molar-refractivity contribution in [1.29, 1.82) is 0 Å². The van der Waals surface area contributed by atoms with E-state index in [-0.39, 0.29) is 12.4 Å². The fraction of sp³-hybridized carbons (Fsp3) is 1.00. The summed E-state index contributed by atoms with van der Waals surface area (Å²) < 4.78 is 0. The summed E-state index contributed by atoms with van der Waals surface area (Å²) in [6, 6.07) is 0.753. The van der Waals surface area contributed by atoms with Crippen molar-refractivity contribution in [3.8, 4) is 0 Å². The lowest BCUT2D eigenvalue weighted by molar-refractivity contribution is 0.291. The molecule has 0 aromatic rings. The Bertz CT molecular complexity index is 182. The molecule has 0 saturated heterocycles. The van der Waals surface area contributed by atoms with Gasteiger partial charge in [-0.25, -0.2) is 0 Å². The van der Waals surface area contributed by atoms with Crippen molar-refractivity contribution in [3.05, 3.63) is 0 Å². The predicted octanol–water partition coefficient (Wildman–Crippen LogP) is 6.84. The van der Waals surface area contributed by atoms with Crippen LogP contribution in [0.3, 0.4) is 0 Å². The van der Waals surface area contributed by atoms with E-state index in [1.165, 1.54) is 89.9 Å². The van der Waals surface area contributed by atoms with Crippen LogP contribution < -0.4 is 0 Å². The second-order valence-electron chi connectivity index (χ2n) is 6.84. The molecular weight excluding hydrogens is 278 g/mol. The Hall–Kier alpha value is 0.250. The van der Waals surface area contributed by atoms with E-state index < -0.39 is 0 Å². The van der Waals surface area contributed by atoms with Gasteiger partial charge in [-0.05, 0) is 27.4 Å². The Morgan fingerprint density at radius 1 is 0.619 bits per heavy atom. The van der Waals surface area contributed by atoms with Crippen LogP contribution >= 0.6 is 12.4 Å². The second-order valence-corrected chi connectivity index (χ2v) is 6.84. The molecule has 1 unspecified atom stereocenters. The van der Waals surface area contributed by atoms with Crippen molar-refractivity contribution >= 4 is 12.4 Å². The van der Waals surface area contributed by atoms with Crippen LogP contribution in [0.15, 0.2) is 0 Å². The lowest BCUT2D eigenvalue weighted by atomic mass is 10.0. The summed E-state index contributed by atoms with van der Waals surface area (Å²) >= 11 is 0. The van der Waals surface area contributed by atoms with E-state index in [0.29, 0.717) is 0 Å². The molecule has 0 saturated carbocycles. The summed E-state index contributed by atoms with van der Waals surface area (Å²) in [6.45, 7) is 4.63. The highest BCUT2D eigenvalue weighted by molar-refractivity contribution is 5.85. The average molecular weight is 320 g/mol. The van der Waals surface area contributed by atoms with Crippen LogP contribution in [-0.2, 0) is 0 Å². The van der Waals surface area contributed by atoms with Crippen LogP contribution in [0.2, 0.25) is 0 Å². The lowest BCUT2D eigenvalue weighted by Gasteiger charge is -2.19. The maximum Gasteiger partial charge on any atom is 0.00608 e. The average Bonchev–Trinajstić information content (AvgIpc) is 2.43. The van der Waals surface area contributed by atoms with Gasteiger partial charge in [0.1, 0.15) is 0 Å². The second kappa shape index (κ2) is 18.3. The van der Waals surface area contributed by atoms with E-state index in [9.17, 15) is 0 Å². The van der Waals surface area contributed by atoms with E-state index in [1.54, 1.807) is 0 Å². The zero-order chi connectivity index (χ0) is 15.1. The standard InChI is InChI=1S/C19H41N.ClH/c1-5-6-7-8-9-10-11-12-13-14-15-16-17-18-19(2)20(3)4;/h19H,5-18H2,1-4H3;1H. The van der Waals surface area contributed by atoms with Crippen molar-refractivity contribution in [2.24, 2.45) is 0 Å². The molecule has 0 bridgehead atoms. The maximum atomic E-state index is 2.33. The first-order valence-electron chi connectivity index (χ1n) is 9.35. The summed E-state index contributed by atoms with van der Waals surface area (Å²) in [7, 11) is 4.37. The molecule has 130 valence electrons. The summed E-state index contributed by atoms with van der Waals surface area (Å²) in [5.74, 6) is 0. The highest BCUT2D eigenvalue weighted by Gasteiger charge is 2.02. The molecule has 0 aliphatic heterocycles. The summed E-state index contributed by atoms with van der Waals surface area (Å²) in [4.78, 5) is 2.33. The van der Waals surface area contributed by atoms with Crippen molar-refractivity contribution in [2.75, 3.05) is 14.1 Å². The van der Waals surface area contributed by atoms with Gasteiger partial charge in [-0.1, -0.05) is 90.4 Å². The summed E-state index contributed by atoms with van der Waals surface area (Å²) in [6.07, 6.45) is 20.2. The van der Waals surface area contributed by atoms with Gasteiger partial charge in [-0.15, -0.1) is 12.4 Å². The van der Waals surface area contributed by atoms with E-state index >= 15 is 0 Å². The summed E-state index contributed by atoms with van der Waals surface area (Å²) in [5, 5.41) is 0. The SMILES string of the molecule is CCCCCCCCCCCCCCCC(C)N(C)C.Cl. The fourth-order valence-electron chi connectivity index (χ4n) is 2.72. The van der Waals surface area contributed by atoms with E-state index in [2.05, 4.69) is 32.8 Å². The molecule has 0 radical (unpaired) electrons. The molecule has 0 rings (SSSR count). The van der Waals surface area contributed by atoms with E-state index in [1.807, 2.05) is 0 Å². The highest BCUT2D eigenvalue weighted by Crippen LogP contribution is 2.13. The van der Waals surface area contributed by atoms with Crippen molar-refractivity contribution < 1.29 is 0 Å². The summed E-state index contributed by atoms with van der Waals surface area (Å²) in [5.41, 5.74) is 0. The molecular formula is C19H42ClN. The third-order valence-electron chi connectivity index (χ3n) is 4.61. The molecule has 0 spiro atoms. The van der Waals surface area contributed by atoms with Gasteiger partial charge in [0, 0.05) is 6.04 Å². The first-order valence-corrected chi connectivity index (χ1v) is 9.35. The van der Waals surface area contributed by atoms with Gasteiger partial charge in [0.05, 0.1) is 0 Å². The van der Waals surface area contributed by atoms with Crippen LogP contribution in [0.1, 0.15) is 104 Å². The van der Waals surface area contributed by atoms with Gasteiger partial charge < -0.3 is 4.90 Å². The largest absolute Gasteiger partial charge is 0.307 e. The zero-order valence-corrected chi connectivity index (χ0v) is 16.1. The number of halogens is 1. The molecule has 0 heterocycles.